The number of rotatable bonds is 5. The van der Waals surface area contributed by atoms with Crippen LogP contribution >= 0.6 is 0 Å². The SMILES string of the molecule is Cc1oc(CO)cc1S(=O)(=O)NC(C)c1ccccc1F. The van der Waals surface area contributed by atoms with E-state index in [-0.39, 0.29) is 28.6 Å². The molecule has 0 aliphatic carbocycles. The quantitative estimate of drug-likeness (QED) is 0.887. The maximum atomic E-state index is 13.7. The molecule has 1 aromatic carbocycles. The summed E-state index contributed by atoms with van der Waals surface area (Å²) in [6.07, 6.45) is 0. The Hall–Kier alpha value is -1.70. The molecule has 1 aromatic heterocycles. The fraction of sp³-hybridized carbons (Fsp3) is 0.286. The second-order valence-electron chi connectivity index (χ2n) is 4.66. The molecule has 0 aliphatic heterocycles. The van der Waals surface area contributed by atoms with E-state index < -0.39 is 21.9 Å². The summed E-state index contributed by atoms with van der Waals surface area (Å²) >= 11 is 0. The largest absolute Gasteiger partial charge is 0.462 e. The highest BCUT2D eigenvalue weighted by molar-refractivity contribution is 7.89. The van der Waals surface area contributed by atoms with Gasteiger partial charge < -0.3 is 9.52 Å². The molecule has 2 N–H and O–H groups in total. The van der Waals surface area contributed by atoms with Gasteiger partial charge in [-0.2, -0.15) is 0 Å². The van der Waals surface area contributed by atoms with Crippen LogP contribution < -0.4 is 4.72 Å². The zero-order valence-corrected chi connectivity index (χ0v) is 12.4. The molecule has 1 atom stereocenters. The number of nitrogens with one attached hydrogen (secondary N) is 1. The molecule has 21 heavy (non-hydrogen) atoms. The van der Waals surface area contributed by atoms with Crippen molar-refractivity contribution >= 4 is 10.0 Å². The lowest BCUT2D eigenvalue weighted by molar-refractivity contribution is 0.244. The van der Waals surface area contributed by atoms with E-state index in [0.29, 0.717) is 0 Å². The van der Waals surface area contributed by atoms with Crippen LogP contribution in [-0.4, -0.2) is 13.5 Å². The standard InChI is InChI=1S/C14H16FNO4S/c1-9(12-5-3-4-6-13(12)15)16-21(18,19)14-7-11(8-17)20-10(14)2/h3-7,9,16-17H,8H2,1-2H3. The molecule has 0 radical (unpaired) electrons. The number of sulfonamides is 1. The molecule has 0 saturated heterocycles. The van der Waals surface area contributed by atoms with Crippen LogP contribution in [0.1, 0.15) is 30.0 Å². The summed E-state index contributed by atoms with van der Waals surface area (Å²) in [5.41, 5.74) is 0.254. The van der Waals surface area contributed by atoms with Crippen molar-refractivity contribution in [3.63, 3.8) is 0 Å². The first kappa shape index (κ1) is 15.7. The highest BCUT2D eigenvalue weighted by Crippen LogP contribution is 2.23. The molecule has 1 heterocycles. The monoisotopic (exact) mass is 313 g/mol. The summed E-state index contributed by atoms with van der Waals surface area (Å²) in [5, 5.41) is 8.98. The second kappa shape index (κ2) is 5.97. The summed E-state index contributed by atoms with van der Waals surface area (Å²) in [6, 6.07) is 6.48. The summed E-state index contributed by atoms with van der Waals surface area (Å²) in [4.78, 5) is -0.0604. The van der Waals surface area contributed by atoms with Crippen molar-refractivity contribution in [1.82, 2.24) is 4.72 Å². The van der Waals surface area contributed by atoms with Crippen molar-refractivity contribution in [3.05, 3.63) is 53.2 Å². The number of aliphatic hydroxyl groups is 1. The lowest BCUT2D eigenvalue weighted by Gasteiger charge is -2.14. The highest BCUT2D eigenvalue weighted by atomic mass is 32.2. The summed E-state index contributed by atoms with van der Waals surface area (Å²) < 4.78 is 45.8. The van der Waals surface area contributed by atoms with Gasteiger partial charge in [-0.1, -0.05) is 18.2 Å². The first-order valence-electron chi connectivity index (χ1n) is 6.32. The second-order valence-corrected chi connectivity index (χ2v) is 6.34. The third kappa shape index (κ3) is 3.31. The summed E-state index contributed by atoms with van der Waals surface area (Å²) in [7, 11) is -3.87. The molecule has 0 spiro atoms. The molecule has 114 valence electrons. The predicted molar refractivity (Wildman–Crippen MR) is 74.5 cm³/mol. The van der Waals surface area contributed by atoms with Crippen molar-refractivity contribution < 1.29 is 22.3 Å². The van der Waals surface area contributed by atoms with Crippen LogP contribution in [0.25, 0.3) is 0 Å². The molecule has 1 unspecified atom stereocenters. The molecule has 5 nitrogen and oxygen atoms in total. The maximum absolute atomic E-state index is 13.7. The summed E-state index contributed by atoms with van der Waals surface area (Å²) in [5.74, 6) is -0.147. The normalized spacial score (nSPS) is 13.3. The van der Waals surface area contributed by atoms with Gasteiger partial charge in [0, 0.05) is 17.7 Å². The topological polar surface area (TPSA) is 79.5 Å². The lowest BCUT2D eigenvalue weighted by atomic mass is 10.1. The minimum absolute atomic E-state index is 0.0604. The predicted octanol–water partition coefficient (Wildman–Crippen LogP) is 2.26. The van der Waals surface area contributed by atoms with E-state index >= 15 is 0 Å². The van der Waals surface area contributed by atoms with Gasteiger partial charge in [-0.25, -0.2) is 17.5 Å². The van der Waals surface area contributed by atoms with E-state index in [2.05, 4.69) is 4.72 Å². The third-order valence-electron chi connectivity index (χ3n) is 3.07. The first-order valence-corrected chi connectivity index (χ1v) is 7.80. The highest BCUT2D eigenvalue weighted by Gasteiger charge is 2.24. The van der Waals surface area contributed by atoms with Gasteiger partial charge in [-0.05, 0) is 19.9 Å². The minimum Gasteiger partial charge on any atom is -0.462 e. The Morgan fingerprint density at radius 2 is 2.05 bits per heavy atom. The molecule has 7 heteroatoms. The van der Waals surface area contributed by atoms with Gasteiger partial charge in [0.1, 0.15) is 28.8 Å². The van der Waals surface area contributed by atoms with E-state index in [1.54, 1.807) is 13.0 Å². The average Bonchev–Trinajstić information content (AvgIpc) is 2.81. The van der Waals surface area contributed by atoms with Crippen LogP contribution in [-0.2, 0) is 16.6 Å². The number of benzene rings is 1. The van der Waals surface area contributed by atoms with E-state index in [1.807, 2.05) is 0 Å². The van der Waals surface area contributed by atoms with Gasteiger partial charge in [0.25, 0.3) is 0 Å². The van der Waals surface area contributed by atoms with Gasteiger partial charge in [0.05, 0.1) is 0 Å². The molecule has 0 aliphatic rings. The van der Waals surface area contributed by atoms with Crippen LogP contribution in [0.3, 0.4) is 0 Å². The Labute approximate surface area is 122 Å². The first-order chi connectivity index (χ1) is 9.85. The molecular formula is C14H16FNO4S. The van der Waals surface area contributed by atoms with E-state index in [0.717, 1.165) is 0 Å². The fourth-order valence-corrected chi connectivity index (χ4v) is 3.48. The number of halogens is 1. The average molecular weight is 313 g/mol. The van der Waals surface area contributed by atoms with E-state index in [9.17, 15) is 12.8 Å². The Bertz CT molecular complexity index is 739. The molecule has 0 bridgehead atoms. The zero-order chi connectivity index (χ0) is 15.6. The number of furan rings is 1. The van der Waals surface area contributed by atoms with Gasteiger partial charge in [-0.3, -0.25) is 0 Å². The fourth-order valence-electron chi connectivity index (χ4n) is 2.05. The lowest BCUT2D eigenvalue weighted by Crippen LogP contribution is -2.27. The van der Waals surface area contributed by atoms with Crippen LogP contribution in [0.15, 0.2) is 39.6 Å². The molecule has 0 fully saturated rings. The van der Waals surface area contributed by atoms with Crippen molar-refractivity contribution in [3.8, 4) is 0 Å². The molecule has 0 saturated carbocycles. The number of hydrogen-bond donors (Lipinski definition) is 2. The van der Waals surface area contributed by atoms with Crippen molar-refractivity contribution in [2.45, 2.75) is 31.4 Å². The maximum Gasteiger partial charge on any atom is 0.244 e. The van der Waals surface area contributed by atoms with Crippen molar-refractivity contribution in [1.29, 1.82) is 0 Å². The Kier molecular flexibility index (Phi) is 4.46. The zero-order valence-electron chi connectivity index (χ0n) is 11.6. The van der Waals surface area contributed by atoms with Crippen LogP contribution in [0.4, 0.5) is 4.39 Å². The van der Waals surface area contributed by atoms with Crippen molar-refractivity contribution in [2.75, 3.05) is 0 Å². The Balaban J connectivity index is 2.29. The van der Waals surface area contributed by atoms with Crippen molar-refractivity contribution in [2.24, 2.45) is 0 Å². The minimum atomic E-state index is -3.87. The Morgan fingerprint density at radius 3 is 2.62 bits per heavy atom. The number of aliphatic hydroxyl groups excluding tert-OH is 1. The van der Waals surface area contributed by atoms with Gasteiger partial charge >= 0.3 is 0 Å². The molecule has 2 rings (SSSR count). The van der Waals surface area contributed by atoms with Gasteiger partial charge in [-0.15, -0.1) is 0 Å². The van der Waals surface area contributed by atoms with Crippen LogP contribution in [0.2, 0.25) is 0 Å². The number of hydrogen-bond acceptors (Lipinski definition) is 4. The number of aryl methyl sites for hydroxylation is 1. The molecule has 2 aromatic rings. The van der Waals surface area contributed by atoms with Gasteiger partial charge in [0.2, 0.25) is 10.0 Å². The van der Waals surface area contributed by atoms with E-state index in [4.69, 9.17) is 9.52 Å². The molecule has 0 amide bonds. The third-order valence-corrected chi connectivity index (χ3v) is 4.72. The summed E-state index contributed by atoms with van der Waals surface area (Å²) in [6.45, 7) is 2.65. The smallest absolute Gasteiger partial charge is 0.244 e. The molecular weight excluding hydrogens is 297 g/mol. The van der Waals surface area contributed by atoms with Crippen LogP contribution in [0, 0.1) is 12.7 Å². The van der Waals surface area contributed by atoms with Gasteiger partial charge in [0.15, 0.2) is 0 Å². The van der Waals surface area contributed by atoms with E-state index in [1.165, 1.54) is 31.2 Å². The Morgan fingerprint density at radius 1 is 1.38 bits per heavy atom. The van der Waals surface area contributed by atoms with Crippen LogP contribution in [0.5, 0.6) is 0 Å².